The summed E-state index contributed by atoms with van der Waals surface area (Å²) in [6, 6.07) is 0. The van der Waals surface area contributed by atoms with E-state index >= 15 is 0 Å². The first-order chi connectivity index (χ1) is 3.98. The van der Waals surface area contributed by atoms with Gasteiger partial charge in [0.2, 0.25) is 10.3 Å². The minimum absolute atomic E-state index is 0.404. The van der Waals surface area contributed by atoms with Crippen LogP contribution in [0, 0.1) is 0 Å². The van der Waals surface area contributed by atoms with Crippen LogP contribution in [0.4, 0.5) is 0 Å². The molecule has 1 unspecified atom stereocenters. The van der Waals surface area contributed by atoms with E-state index in [2.05, 4.69) is 0 Å². The van der Waals surface area contributed by atoms with E-state index in [9.17, 15) is 8.42 Å². The van der Waals surface area contributed by atoms with E-state index in [4.69, 9.17) is 5.11 Å². The monoisotopic (exact) mass is 150 g/mol. The molecule has 54 valence electrons. The van der Waals surface area contributed by atoms with Crippen molar-refractivity contribution >= 4 is 15.7 Å². The van der Waals surface area contributed by atoms with Gasteiger partial charge in [0.1, 0.15) is 0 Å². The molecule has 0 aromatic carbocycles. The lowest BCUT2D eigenvalue weighted by molar-refractivity contribution is 0.136. The van der Waals surface area contributed by atoms with Gasteiger partial charge in [-0.2, -0.15) is 8.42 Å². The van der Waals surface area contributed by atoms with Crippen LogP contribution < -0.4 is 0 Å². The Labute approximate surface area is 55.9 Å². The van der Waals surface area contributed by atoms with Gasteiger partial charge in [-0.05, 0) is 13.3 Å². The molecule has 0 aliphatic heterocycles. The minimum Gasteiger partial charge on any atom is -0.385 e. The summed E-state index contributed by atoms with van der Waals surface area (Å²) in [6.07, 6.45) is 0.404. The van der Waals surface area contributed by atoms with E-state index in [1.165, 1.54) is 6.92 Å². The Balaban J connectivity index is 4.38. The number of hydrogen-bond donors (Lipinski definition) is 1. The molecule has 0 amide bonds. The Bertz CT molecular complexity index is 192. The molecule has 9 heavy (non-hydrogen) atoms. The SMILES string of the molecule is CCC(C)(O)C=S(=O)=O. The molecule has 0 bridgehead atoms. The van der Waals surface area contributed by atoms with E-state index in [1.54, 1.807) is 6.92 Å². The van der Waals surface area contributed by atoms with Gasteiger partial charge >= 0.3 is 0 Å². The maximum absolute atomic E-state index is 9.96. The average molecular weight is 150 g/mol. The van der Waals surface area contributed by atoms with Crippen molar-refractivity contribution in [2.24, 2.45) is 0 Å². The predicted octanol–water partition coefficient (Wildman–Crippen LogP) is -0.171. The molecule has 0 radical (unpaired) electrons. The first-order valence-corrected chi connectivity index (χ1v) is 3.78. The van der Waals surface area contributed by atoms with Crippen LogP contribution in [0.1, 0.15) is 20.3 Å². The molecule has 0 aliphatic rings. The molecular weight excluding hydrogens is 140 g/mol. The minimum atomic E-state index is -2.26. The van der Waals surface area contributed by atoms with Gasteiger partial charge < -0.3 is 5.11 Å². The highest BCUT2D eigenvalue weighted by Crippen LogP contribution is 2.02. The first-order valence-electron chi connectivity index (χ1n) is 2.64. The van der Waals surface area contributed by atoms with Crippen molar-refractivity contribution in [3.63, 3.8) is 0 Å². The summed E-state index contributed by atoms with van der Waals surface area (Å²) in [7, 11) is -2.26. The Morgan fingerprint density at radius 2 is 2.11 bits per heavy atom. The Morgan fingerprint density at radius 1 is 1.67 bits per heavy atom. The second-order valence-electron chi connectivity index (χ2n) is 2.09. The Kier molecular flexibility index (Phi) is 2.87. The molecule has 1 N–H and O–H groups in total. The van der Waals surface area contributed by atoms with Crippen molar-refractivity contribution in [3.05, 3.63) is 0 Å². The number of aliphatic hydroxyl groups is 1. The van der Waals surface area contributed by atoms with E-state index in [-0.39, 0.29) is 0 Å². The van der Waals surface area contributed by atoms with Crippen molar-refractivity contribution in [3.8, 4) is 0 Å². The molecule has 1 atom stereocenters. The van der Waals surface area contributed by atoms with Gasteiger partial charge in [-0.1, -0.05) is 6.92 Å². The lowest BCUT2D eigenvalue weighted by Crippen LogP contribution is -2.24. The molecule has 0 rings (SSSR count). The summed E-state index contributed by atoms with van der Waals surface area (Å²) in [5, 5.41) is 9.93. The van der Waals surface area contributed by atoms with E-state index in [0.717, 1.165) is 5.37 Å². The van der Waals surface area contributed by atoms with E-state index < -0.39 is 15.9 Å². The number of rotatable bonds is 2. The molecule has 0 heterocycles. The number of hydrogen-bond acceptors (Lipinski definition) is 3. The normalized spacial score (nSPS) is 16.3. The summed E-state index contributed by atoms with van der Waals surface area (Å²) < 4.78 is 19.9. The summed E-state index contributed by atoms with van der Waals surface area (Å²) in [5.74, 6) is 0. The molecular formula is C5H10O3S. The van der Waals surface area contributed by atoms with Crippen LogP contribution in [-0.4, -0.2) is 24.5 Å². The van der Waals surface area contributed by atoms with Crippen LogP contribution in [0.15, 0.2) is 0 Å². The van der Waals surface area contributed by atoms with Gasteiger partial charge in [-0.15, -0.1) is 0 Å². The predicted molar refractivity (Wildman–Crippen MR) is 35.9 cm³/mol. The van der Waals surface area contributed by atoms with Crippen molar-refractivity contribution in [1.82, 2.24) is 0 Å². The third kappa shape index (κ3) is 4.17. The zero-order valence-corrected chi connectivity index (χ0v) is 6.27. The molecule has 0 saturated heterocycles. The maximum Gasteiger partial charge on any atom is 0.212 e. The lowest BCUT2D eigenvalue weighted by Gasteiger charge is -2.11. The van der Waals surface area contributed by atoms with Gasteiger partial charge in [0.15, 0.2) is 0 Å². The smallest absolute Gasteiger partial charge is 0.212 e. The van der Waals surface area contributed by atoms with Crippen LogP contribution in [0.3, 0.4) is 0 Å². The summed E-state index contributed by atoms with van der Waals surface area (Å²) in [5.41, 5.74) is -1.17. The maximum atomic E-state index is 9.96. The highest BCUT2D eigenvalue weighted by atomic mass is 32.2. The summed E-state index contributed by atoms with van der Waals surface area (Å²) in [4.78, 5) is 0. The standard InChI is InChI=1S/C5H10O3S/c1-3-5(2,6)4-9(7)8/h4,6H,3H2,1-2H3. The summed E-state index contributed by atoms with van der Waals surface area (Å²) >= 11 is 0. The fourth-order valence-electron chi connectivity index (χ4n) is 0.291. The van der Waals surface area contributed by atoms with E-state index in [1.807, 2.05) is 0 Å². The molecule has 3 nitrogen and oxygen atoms in total. The van der Waals surface area contributed by atoms with Crippen molar-refractivity contribution < 1.29 is 13.5 Å². The van der Waals surface area contributed by atoms with Crippen molar-refractivity contribution in [2.45, 2.75) is 25.9 Å². The van der Waals surface area contributed by atoms with E-state index in [0.29, 0.717) is 6.42 Å². The zero-order valence-electron chi connectivity index (χ0n) is 5.46. The van der Waals surface area contributed by atoms with Gasteiger partial charge in [0, 0.05) is 0 Å². The highest BCUT2D eigenvalue weighted by molar-refractivity contribution is 7.71. The van der Waals surface area contributed by atoms with Crippen molar-refractivity contribution in [1.29, 1.82) is 0 Å². The zero-order chi connectivity index (χ0) is 7.49. The highest BCUT2D eigenvalue weighted by Gasteiger charge is 2.13. The van der Waals surface area contributed by atoms with Crippen LogP contribution in [0.25, 0.3) is 0 Å². The quantitative estimate of drug-likeness (QED) is 0.556. The summed E-state index contributed by atoms with van der Waals surface area (Å²) in [6.45, 7) is 3.16. The van der Waals surface area contributed by atoms with Gasteiger partial charge in [-0.3, -0.25) is 0 Å². The molecule has 0 aromatic heterocycles. The lowest BCUT2D eigenvalue weighted by atomic mass is 10.1. The Morgan fingerprint density at radius 3 is 2.22 bits per heavy atom. The fraction of sp³-hybridized carbons (Fsp3) is 0.800. The van der Waals surface area contributed by atoms with Gasteiger partial charge in [-0.25, -0.2) is 0 Å². The largest absolute Gasteiger partial charge is 0.385 e. The van der Waals surface area contributed by atoms with Gasteiger partial charge in [0.25, 0.3) is 0 Å². The Hall–Kier alpha value is -0.350. The van der Waals surface area contributed by atoms with Gasteiger partial charge in [0.05, 0.1) is 11.0 Å². The molecule has 0 aliphatic carbocycles. The molecule has 0 aromatic rings. The molecule has 0 spiro atoms. The fourth-order valence-corrected chi connectivity index (χ4v) is 0.872. The average Bonchev–Trinajstić information content (AvgIpc) is 1.63. The molecule has 4 heteroatoms. The van der Waals surface area contributed by atoms with Crippen LogP contribution in [-0.2, 0) is 10.3 Å². The second kappa shape index (κ2) is 2.98. The van der Waals surface area contributed by atoms with Crippen LogP contribution in [0.5, 0.6) is 0 Å². The third-order valence-electron chi connectivity index (χ3n) is 1.07. The van der Waals surface area contributed by atoms with Crippen LogP contribution >= 0.6 is 0 Å². The topological polar surface area (TPSA) is 54.4 Å². The third-order valence-corrected chi connectivity index (χ3v) is 1.77. The molecule has 0 fully saturated rings. The van der Waals surface area contributed by atoms with Crippen LogP contribution in [0.2, 0.25) is 0 Å². The van der Waals surface area contributed by atoms with Crippen molar-refractivity contribution in [2.75, 3.05) is 0 Å². The second-order valence-corrected chi connectivity index (χ2v) is 2.85. The first kappa shape index (κ1) is 8.65. The molecule has 0 saturated carbocycles.